The van der Waals surface area contributed by atoms with Gasteiger partial charge in [-0.3, -0.25) is 9.30 Å². The molecule has 0 saturated carbocycles. The molecule has 5 nitrogen and oxygen atoms in total. The Morgan fingerprint density at radius 2 is 2.32 bits per heavy atom. The Morgan fingerprint density at radius 3 is 3.05 bits per heavy atom. The van der Waals surface area contributed by atoms with Crippen LogP contribution in [-0.4, -0.2) is 38.4 Å². The molecule has 1 aliphatic rings. The minimum absolute atomic E-state index is 0. The Hall–Kier alpha value is -1.17. The maximum absolute atomic E-state index is 6.04. The van der Waals surface area contributed by atoms with Crippen molar-refractivity contribution in [1.82, 2.24) is 19.3 Å². The molecule has 2 aromatic rings. The molecular weight excluding hydrogens is 262 g/mol. The highest BCUT2D eigenvalue weighted by Crippen LogP contribution is 2.17. The van der Waals surface area contributed by atoms with Gasteiger partial charge in [0, 0.05) is 44.3 Å². The summed E-state index contributed by atoms with van der Waals surface area (Å²) in [6.45, 7) is 5.23. The molecule has 3 rings (SSSR count). The van der Waals surface area contributed by atoms with Crippen LogP contribution in [0.5, 0.6) is 0 Å². The van der Waals surface area contributed by atoms with Crippen molar-refractivity contribution in [1.29, 1.82) is 0 Å². The number of fused-ring (bicyclic) bond motifs is 1. The number of halogens is 1. The first-order chi connectivity index (χ1) is 8.72. The molecule has 1 fully saturated rings. The van der Waals surface area contributed by atoms with Crippen LogP contribution in [0, 0.1) is 5.92 Å². The predicted molar refractivity (Wildman–Crippen MR) is 77.3 cm³/mol. The number of piperidine rings is 1. The monoisotopic (exact) mass is 281 g/mol. The summed E-state index contributed by atoms with van der Waals surface area (Å²) in [7, 11) is 0. The van der Waals surface area contributed by atoms with Crippen molar-refractivity contribution in [3.8, 4) is 0 Å². The first-order valence-corrected chi connectivity index (χ1v) is 6.49. The van der Waals surface area contributed by atoms with Crippen LogP contribution < -0.4 is 5.73 Å². The summed E-state index contributed by atoms with van der Waals surface area (Å²) in [5.74, 6) is 1.34. The second-order valence-corrected chi connectivity index (χ2v) is 5.22. The molecule has 19 heavy (non-hydrogen) atoms. The van der Waals surface area contributed by atoms with Crippen LogP contribution in [0.3, 0.4) is 0 Å². The Bertz CT molecular complexity index is 508. The van der Waals surface area contributed by atoms with E-state index in [0.717, 1.165) is 37.5 Å². The molecule has 1 saturated heterocycles. The summed E-state index contributed by atoms with van der Waals surface area (Å²) in [6.07, 6.45) is 6.88. The van der Waals surface area contributed by atoms with Crippen molar-refractivity contribution in [3.63, 3.8) is 0 Å². The minimum atomic E-state index is 0. The van der Waals surface area contributed by atoms with Crippen LogP contribution in [0.2, 0.25) is 0 Å². The number of nitrogens with two attached hydrogens (primary N) is 1. The van der Waals surface area contributed by atoms with E-state index in [4.69, 9.17) is 5.73 Å². The molecule has 0 spiro atoms. The van der Waals surface area contributed by atoms with Crippen molar-refractivity contribution in [2.45, 2.75) is 25.9 Å². The second kappa shape index (κ2) is 5.86. The minimum Gasteiger partial charge on any atom is -0.327 e. The Balaban J connectivity index is 0.00000133. The fourth-order valence-corrected chi connectivity index (χ4v) is 2.58. The van der Waals surface area contributed by atoms with E-state index in [2.05, 4.69) is 28.0 Å². The highest BCUT2D eigenvalue weighted by atomic mass is 35.5. The van der Waals surface area contributed by atoms with Gasteiger partial charge in [-0.05, 0) is 18.4 Å². The normalized spacial score (nSPS) is 24.3. The Morgan fingerprint density at radius 1 is 1.47 bits per heavy atom. The molecule has 0 aliphatic carbocycles. The van der Waals surface area contributed by atoms with Gasteiger partial charge in [-0.15, -0.1) is 12.4 Å². The van der Waals surface area contributed by atoms with E-state index in [1.54, 1.807) is 6.20 Å². The summed E-state index contributed by atoms with van der Waals surface area (Å²) in [5.41, 5.74) is 7.12. The van der Waals surface area contributed by atoms with Gasteiger partial charge in [0.05, 0.1) is 5.69 Å². The quantitative estimate of drug-likeness (QED) is 0.902. The average molecular weight is 282 g/mol. The molecule has 2 unspecified atom stereocenters. The molecule has 0 radical (unpaired) electrons. The molecule has 0 bridgehead atoms. The van der Waals surface area contributed by atoms with E-state index in [-0.39, 0.29) is 12.4 Å². The zero-order valence-corrected chi connectivity index (χ0v) is 11.9. The van der Waals surface area contributed by atoms with Crippen LogP contribution in [0.15, 0.2) is 24.7 Å². The average Bonchev–Trinajstić information content (AvgIpc) is 2.76. The summed E-state index contributed by atoms with van der Waals surface area (Å²) in [6, 6.07) is 2.27. The smallest absolute Gasteiger partial charge is 0.233 e. The van der Waals surface area contributed by atoms with Gasteiger partial charge >= 0.3 is 0 Å². The molecule has 0 amide bonds. The third kappa shape index (κ3) is 3.05. The van der Waals surface area contributed by atoms with Crippen molar-refractivity contribution in [2.75, 3.05) is 13.1 Å². The van der Waals surface area contributed by atoms with Crippen molar-refractivity contribution < 1.29 is 0 Å². The zero-order valence-electron chi connectivity index (χ0n) is 11.1. The molecule has 6 heteroatoms. The molecule has 3 heterocycles. The maximum Gasteiger partial charge on any atom is 0.233 e. The molecule has 1 aliphatic heterocycles. The molecule has 104 valence electrons. The largest absolute Gasteiger partial charge is 0.327 e. The van der Waals surface area contributed by atoms with E-state index < -0.39 is 0 Å². The fourth-order valence-electron chi connectivity index (χ4n) is 2.58. The van der Waals surface area contributed by atoms with E-state index >= 15 is 0 Å². The molecular formula is C13H20ClN5. The predicted octanol–water partition coefficient (Wildman–Crippen LogP) is 1.32. The summed E-state index contributed by atoms with van der Waals surface area (Å²) in [4.78, 5) is 11.2. The van der Waals surface area contributed by atoms with Gasteiger partial charge < -0.3 is 5.73 Å². The van der Waals surface area contributed by atoms with E-state index in [0.29, 0.717) is 12.0 Å². The standard InChI is InChI=1S/C13H19N5.ClH/c1-10-7-17(6-3-12(10)14)8-11-9-18-5-2-4-15-13(18)16-11;/h2,4-5,9-10,12H,3,6-8,14H2,1H3;1H. The van der Waals surface area contributed by atoms with Gasteiger partial charge in [0.2, 0.25) is 5.78 Å². The van der Waals surface area contributed by atoms with E-state index in [1.807, 2.05) is 16.7 Å². The molecule has 2 atom stereocenters. The van der Waals surface area contributed by atoms with Crippen molar-refractivity contribution in [3.05, 3.63) is 30.4 Å². The summed E-state index contributed by atoms with van der Waals surface area (Å²) in [5, 5.41) is 0. The highest BCUT2D eigenvalue weighted by Gasteiger charge is 2.23. The number of likely N-dealkylation sites (tertiary alicyclic amines) is 1. The third-order valence-corrected chi connectivity index (χ3v) is 3.73. The highest BCUT2D eigenvalue weighted by molar-refractivity contribution is 5.85. The first kappa shape index (κ1) is 14.2. The van der Waals surface area contributed by atoms with Crippen LogP contribution in [0.4, 0.5) is 0 Å². The lowest BCUT2D eigenvalue weighted by molar-refractivity contribution is 0.156. The fraction of sp³-hybridized carbons (Fsp3) is 0.538. The van der Waals surface area contributed by atoms with E-state index in [9.17, 15) is 0 Å². The number of imidazole rings is 1. The Labute approximate surface area is 119 Å². The first-order valence-electron chi connectivity index (χ1n) is 6.49. The molecule has 0 aromatic carbocycles. The molecule has 2 aromatic heterocycles. The molecule has 2 N–H and O–H groups in total. The van der Waals surface area contributed by atoms with Crippen LogP contribution >= 0.6 is 12.4 Å². The second-order valence-electron chi connectivity index (χ2n) is 5.22. The lowest BCUT2D eigenvalue weighted by atomic mass is 9.95. The number of hydrogen-bond acceptors (Lipinski definition) is 4. The van der Waals surface area contributed by atoms with Crippen molar-refractivity contribution in [2.24, 2.45) is 11.7 Å². The van der Waals surface area contributed by atoms with Gasteiger partial charge in [-0.2, -0.15) is 0 Å². The SMILES string of the molecule is CC1CN(Cc2cn3cccnc3n2)CCC1N.Cl. The lowest BCUT2D eigenvalue weighted by Crippen LogP contribution is -2.45. The number of nitrogens with zero attached hydrogens (tertiary/aromatic N) is 4. The van der Waals surface area contributed by atoms with Gasteiger partial charge in [-0.25, -0.2) is 9.97 Å². The van der Waals surface area contributed by atoms with Gasteiger partial charge in [0.1, 0.15) is 0 Å². The third-order valence-electron chi connectivity index (χ3n) is 3.73. The van der Waals surface area contributed by atoms with Crippen LogP contribution in [0.1, 0.15) is 19.0 Å². The van der Waals surface area contributed by atoms with Crippen molar-refractivity contribution >= 4 is 18.2 Å². The zero-order chi connectivity index (χ0) is 12.5. The van der Waals surface area contributed by atoms with Crippen LogP contribution in [-0.2, 0) is 6.54 Å². The van der Waals surface area contributed by atoms with Gasteiger partial charge in [0.25, 0.3) is 0 Å². The summed E-state index contributed by atoms with van der Waals surface area (Å²) >= 11 is 0. The Kier molecular flexibility index (Phi) is 4.39. The van der Waals surface area contributed by atoms with Crippen LogP contribution in [0.25, 0.3) is 5.78 Å². The number of rotatable bonds is 2. The number of aromatic nitrogens is 3. The van der Waals surface area contributed by atoms with Gasteiger partial charge in [-0.1, -0.05) is 6.92 Å². The topological polar surface area (TPSA) is 59.5 Å². The van der Waals surface area contributed by atoms with Gasteiger partial charge in [0.15, 0.2) is 0 Å². The maximum atomic E-state index is 6.04. The number of hydrogen-bond donors (Lipinski definition) is 1. The lowest BCUT2D eigenvalue weighted by Gasteiger charge is -2.34. The van der Waals surface area contributed by atoms with E-state index in [1.165, 1.54) is 0 Å². The summed E-state index contributed by atoms with van der Waals surface area (Å²) < 4.78 is 1.97.